The number of nitrogens with zero attached hydrogens (tertiary/aromatic N) is 2. The van der Waals surface area contributed by atoms with Crippen LogP contribution < -0.4 is 9.64 Å². The number of carboxylic acid groups (broad SMARTS) is 1. The van der Waals surface area contributed by atoms with Crippen molar-refractivity contribution in [2.24, 2.45) is 0 Å². The molecule has 0 saturated carbocycles. The van der Waals surface area contributed by atoms with Gasteiger partial charge in [-0.15, -0.1) is 6.58 Å². The zero-order valence-electron chi connectivity index (χ0n) is 12.8. The Morgan fingerprint density at radius 1 is 1.50 bits per heavy atom. The van der Waals surface area contributed by atoms with E-state index in [0.29, 0.717) is 24.5 Å². The molecule has 0 aromatic heterocycles. The maximum Gasteiger partial charge on any atom is 0.305 e. The van der Waals surface area contributed by atoms with Crippen LogP contribution >= 0.6 is 0 Å². The van der Waals surface area contributed by atoms with Gasteiger partial charge < -0.3 is 19.6 Å². The Hall–Kier alpha value is -2.50. The molecule has 118 valence electrons. The molecule has 6 heteroatoms. The molecule has 1 aliphatic heterocycles. The highest BCUT2D eigenvalue weighted by Crippen LogP contribution is 2.35. The number of ether oxygens (including phenoxy) is 1. The topological polar surface area (TPSA) is 70.1 Å². The monoisotopic (exact) mass is 304 g/mol. The van der Waals surface area contributed by atoms with Crippen LogP contribution in [0, 0.1) is 0 Å². The lowest BCUT2D eigenvalue weighted by atomic mass is 10.1. The number of hydrogen-bond donors (Lipinski definition) is 1. The van der Waals surface area contributed by atoms with E-state index in [9.17, 15) is 9.59 Å². The fourth-order valence-corrected chi connectivity index (χ4v) is 2.48. The van der Waals surface area contributed by atoms with Gasteiger partial charge in [0.25, 0.3) is 5.91 Å². The van der Waals surface area contributed by atoms with Crippen LogP contribution in [-0.4, -0.2) is 55.2 Å². The molecule has 1 aliphatic rings. The minimum absolute atomic E-state index is 0.0286. The highest BCUT2D eigenvalue weighted by atomic mass is 16.5. The molecule has 0 spiro atoms. The van der Waals surface area contributed by atoms with E-state index in [1.54, 1.807) is 38.4 Å². The first-order valence-corrected chi connectivity index (χ1v) is 7.02. The van der Waals surface area contributed by atoms with E-state index in [1.165, 1.54) is 4.90 Å². The lowest BCUT2D eigenvalue weighted by Gasteiger charge is -2.37. The summed E-state index contributed by atoms with van der Waals surface area (Å²) in [6.07, 6.45) is 1.68. The standard InChI is InChI=1S/C16H20N2O4/c1-4-7-18-12(9-15(19)20)10-22-14-6-5-11(8-13(14)18)16(21)17(2)3/h4-6,8,12H,1,7,9-10H2,2-3H3,(H,19,20). The maximum atomic E-state index is 12.1. The maximum absolute atomic E-state index is 12.1. The van der Waals surface area contributed by atoms with E-state index in [1.807, 2.05) is 4.90 Å². The Balaban J connectivity index is 2.39. The quantitative estimate of drug-likeness (QED) is 0.837. The van der Waals surface area contributed by atoms with Crippen LogP contribution in [0.4, 0.5) is 5.69 Å². The van der Waals surface area contributed by atoms with Crippen molar-refractivity contribution in [3.63, 3.8) is 0 Å². The van der Waals surface area contributed by atoms with Crippen molar-refractivity contribution in [2.45, 2.75) is 12.5 Å². The molecule has 6 nitrogen and oxygen atoms in total. The number of amides is 1. The molecule has 1 atom stereocenters. The van der Waals surface area contributed by atoms with Crippen molar-refractivity contribution in [2.75, 3.05) is 32.1 Å². The Kier molecular flexibility index (Phi) is 4.70. The second kappa shape index (κ2) is 6.51. The van der Waals surface area contributed by atoms with Gasteiger partial charge >= 0.3 is 5.97 Å². The van der Waals surface area contributed by atoms with Crippen LogP contribution in [0.5, 0.6) is 5.75 Å². The number of hydrogen-bond acceptors (Lipinski definition) is 4. The van der Waals surface area contributed by atoms with Crippen LogP contribution in [0.1, 0.15) is 16.8 Å². The SMILES string of the molecule is C=CCN1c2cc(C(=O)N(C)C)ccc2OCC1CC(=O)O. The smallest absolute Gasteiger partial charge is 0.305 e. The number of aliphatic carboxylic acids is 1. The van der Waals surface area contributed by atoms with E-state index < -0.39 is 5.97 Å². The summed E-state index contributed by atoms with van der Waals surface area (Å²) in [5, 5.41) is 9.05. The molecule has 2 rings (SSSR count). The van der Waals surface area contributed by atoms with Crippen molar-refractivity contribution in [3.05, 3.63) is 36.4 Å². The van der Waals surface area contributed by atoms with Gasteiger partial charge in [-0.3, -0.25) is 9.59 Å². The zero-order chi connectivity index (χ0) is 16.3. The van der Waals surface area contributed by atoms with Crippen molar-refractivity contribution in [1.29, 1.82) is 0 Å². The molecule has 1 unspecified atom stereocenters. The van der Waals surface area contributed by atoms with Crippen molar-refractivity contribution >= 4 is 17.6 Å². The molecule has 0 fully saturated rings. The molecule has 0 saturated heterocycles. The Morgan fingerprint density at radius 2 is 2.23 bits per heavy atom. The fourth-order valence-electron chi connectivity index (χ4n) is 2.48. The van der Waals surface area contributed by atoms with Gasteiger partial charge in [0.1, 0.15) is 12.4 Å². The average Bonchev–Trinajstić information content (AvgIpc) is 2.48. The second-order valence-electron chi connectivity index (χ2n) is 5.39. The van der Waals surface area contributed by atoms with Crippen LogP contribution in [0.15, 0.2) is 30.9 Å². The molecule has 1 N–H and O–H groups in total. The second-order valence-corrected chi connectivity index (χ2v) is 5.39. The van der Waals surface area contributed by atoms with Gasteiger partial charge in [-0.05, 0) is 18.2 Å². The first kappa shape index (κ1) is 15.9. The summed E-state index contributed by atoms with van der Waals surface area (Å²) in [6.45, 7) is 4.52. The number of carbonyl (C=O) groups is 2. The molecule has 0 aliphatic carbocycles. The van der Waals surface area contributed by atoms with E-state index >= 15 is 0 Å². The van der Waals surface area contributed by atoms with Gasteiger partial charge in [0.15, 0.2) is 0 Å². The van der Waals surface area contributed by atoms with Crippen LogP contribution in [0.3, 0.4) is 0 Å². The lowest BCUT2D eigenvalue weighted by molar-refractivity contribution is -0.137. The summed E-state index contributed by atoms with van der Waals surface area (Å²) in [6, 6.07) is 4.92. The van der Waals surface area contributed by atoms with Crippen LogP contribution in [0.2, 0.25) is 0 Å². The Morgan fingerprint density at radius 3 is 2.82 bits per heavy atom. The molecule has 1 aromatic carbocycles. The van der Waals surface area contributed by atoms with E-state index in [0.717, 1.165) is 5.69 Å². The third-order valence-electron chi connectivity index (χ3n) is 3.53. The number of carbonyl (C=O) groups excluding carboxylic acids is 1. The molecule has 0 radical (unpaired) electrons. The highest BCUT2D eigenvalue weighted by molar-refractivity contribution is 5.95. The molecule has 0 bridgehead atoms. The summed E-state index contributed by atoms with van der Waals surface area (Å²) in [5.74, 6) is -0.341. The minimum atomic E-state index is -0.883. The number of benzene rings is 1. The predicted octanol–water partition coefficient (Wildman–Crippen LogP) is 1.62. The summed E-state index contributed by atoms with van der Waals surface area (Å²) in [5.41, 5.74) is 1.27. The predicted molar refractivity (Wildman–Crippen MR) is 83.5 cm³/mol. The largest absolute Gasteiger partial charge is 0.489 e. The van der Waals surface area contributed by atoms with Gasteiger partial charge in [-0.25, -0.2) is 0 Å². The summed E-state index contributed by atoms with van der Waals surface area (Å²) in [4.78, 5) is 26.6. The van der Waals surface area contributed by atoms with Crippen molar-refractivity contribution in [3.8, 4) is 5.75 Å². The number of anilines is 1. The summed E-state index contributed by atoms with van der Waals surface area (Å²) >= 11 is 0. The number of carboxylic acids is 1. The van der Waals surface area contributed by atoms with Gasteiger partial charge in [0, 0.05) is 26.2 Å². The van der Waals surface area contributed by atoms with E-state index in [2.05, 4.69) is 6.58 Å². The third kappa shape index (κ3) is 3.21. The van der Waals surface area contributed by atoms with Crippen molar-refractivity contribution < 1.29 is 19.4 Å². The fraction of sp³-hybridized carbons (Fsp3) is 0.375. The Labute approximate surface area is 129 Å². The first-order valence-electron chi connectivity index (χ1n) is 7.02. The molecule has 22 heavy (non-hydrogen) atoms. The number of rotatable bonds is 5. The third-order valence-corrected chi connectivity index (χ3v) is 3.53. The molecule has 1 aromatic rings. The molecular formula is C16H20N2O4. The normalized spacial score (nSPS) is 16.5. The van der Waals surface area contributed by atoms with E-state index in [4.69, 9.17) is 9.84 Å². The van der Waals surface area contributed by atoms with Crippen molar-refractivity contribution in [1.82, 2.24) is 4.90 Å². The average molecular weight is 304 g/mol. The molecule has 1 heterocycles. The minimum Gasteiger partial charge on any atom is -0.489 e. The van der Waals surface area contributed by atoms with Gasteiger partial charge in [-0.2, -0.15) is 0 Å². The molecule has 1 amide bonds. The van der Waals surface area contributed by atoms with Gasteiger partial charge in [-0.1, -0.05) is 6.08 Å². The summed E-state index contributed by atoms with van der Waals surface area (Å²) in [7, 11) is 3.38. The first-order chi connectivity index (χ1) is 10.4. The van der Waals surface area contributed by atoms with E-state index in [-0.39, 0.29) is 18.4 Å². The molecular weight excluding hydrogens is 284 g/mol. The zero-order valence-corrected chi connectivity index (χ0v) is 12.8. The lowest BCUT2D eigenvalue weighted by Crippen LogP contribution is -2.44. The van der Waals surface area contributed by atoms with Gasteiger partial charge in [0.2, 0.25) is 0 Å². The number of fused-ring (bicyclic) bond motifs is 1. The van der Waals surface area contributed by atoms with Crippen LogP contribution in [-0.2, 0) is 4.79 Å². The van der Waals surface area contributed by atoms with Crippen LogP contribution in [0.25, 0.3) is 0 Å². The van der Waals surface area contributed by atoms with Gasteiger partial charge in [0.05, 0.1) is 18.2 Å². The summed E-state index contributed by atoms with van der Waals surface area (Å²) < 4.78 is 5.64. The highest BCUT2D eigenvalue weighted by Gasteiger charge is 2.29. The Bertz CT molecular complexity index is 598.